The lowest BCUT2D eigenvalue weighted by Gasteiger charge is -2.28. The number of para-hydroxylation sites is 2. The number of nitrogens with one attached hydrogen (secondary N) is 1. The second-order valence-corrected chi connectivity index (χ2v) is 5.71. The van der Waals surface area contributed by atoms with E-state index in [0.717, 1.165) is 26.1 Å². The summed E-state index contributed by atoms with van der Waals surface area (Å²) in [6, 6.07) is 6.78. The van der Waals surface area contributed by atoms with Gasteiger partial charge >= 0.3 is 6.36 Å². The smallest absolute Gasteiger partial charge is 0.404 e. The van der Waals surface area contributed by atoms with Crippen LogP contribution in [-0.4, -0.2) is 32.0 Å². The molecule has 6 heteroatoms. The molecule has 1 aromatic rings. The molecule has 2 fully saturated rings. The number of halogens is 3. The topological polar surface area (TPSA) is 24.5 Å². The number of benzene rings is 1. The second kappa shape index (κ2) is 5.75. The maximum Gasteiger partial charge on any atom is 0.573 e. The minimum absolute atomic E-state index is 0.110. The third-order valence-corrected chi connectivity index (χ3v) is 4.05. The molecule has 1 unspecified atom stereocenters. The van der Waals surface area contributed by atoms with E-state index >= 15 is 0 Å². The zero-order valence-corrected chi connectivity index (χ0v) is 11.7. The van der Waals surface area contributed by atoms with Gasteiger partial charge in [0.1, 0.15) is 0 Å². The van der Waals surface area contributed by atoms with Crippen molar-refractivity contribution in [3.8, 4) is 5.75 Å². The molecule has 0 bridgehead atoms. The van der Waals surface area contributed by atoms with Gasteiger partial charge in [0.25, 0.3) is 0 Å². The molecular formula is C15H19F3N2O. The summed E-state index contributed by atoms with van der Waals surface area (Å²) in [6.07, 6.45) is -1.31. The van der Waals surface area contributed by atoms with Crippen LogP contribution in [0, 0.1) is 5.92 Å². The molecule has 0 amide bonds. The first-order chi connectivity index (χ1) is 10.0. The molecule has 2 aliphatic rings. The van der Waals surface area contributed by atoms with E-state index in [9.17, 15) is 13.2 Å². The Morgan fingerprint density at radius 1 is 1.19 bits per heavy atom. The SMILES string of the molecule is FC(F)(F)Oc1ccccc1N1CCCNC(C2CC2)C1. The fourth-order valence-corrected chi connectivity index (χ4v) is 2.91. The number of ether oxygens (including phenoxy) is 1. The van der Waals surface area contributed by atoms with E-state index in [0.29, 0.717) is 17.6 Å². The number of anilines is 1. The van der Waals surface area contributed by atoms with Gasteiger partial charge in [0.15, 0.2) is 5.75 Å². The van der Waals surface area contributed by atoms with Crippen molar-refractivity contribution >= 4 is 5.69 Å². The molecule has 1 atom stereocenters. The first-order valence-corrected chi connectivity index (χ1v) is 7.36. The summed E-state index contributed by atoms with van der Waals surface area (Å²) in [6.45, 7) is 2.40. The van der Waals surface area contributed by atoms with Crippen LogP contribution in [-0.2, 0) is 0 Å². The molecule has 1 aromatic carbocycles. The molecule has 21 heavy (non-hydrogen) atoms. The Hall–Kier alpha value is -1.43. The van der Waals surface area contributed by atoms with Crippen molar-refractivity contribution in [3.05, 3.63) is 24.3 Å². The molecule has 1 N–H and O–H groups in total. The molecule has 3 rings (SSSR count). The fraction of sp³-hybridized carbons (Fsp3) is 0.600. The van der Waals surface area contributed by atoms with Crippen molar-refractivity contribution in [2.24, 2.45) is 5.92 Å². The minimum Gasteiger partial charge on any atom is -0.404 e. The van der Waals surface area contributed by atoms with Gasteiger partial charge in [0, 0.05) is 19.1 Å². The quantitative estimate of drug-likeness (QED) is 0.928. The molecule has 1 saturated carbocycles. The maximum atomic E-state index is 12.5. The Bertz CT molecular complexity index is 488. The predicted octanol–water partition coefficient (Wildman–Crippen LogP) is 3.16. The summed E-state index contributed by atoms with van der Waals surface area (Å²) in [5, 5.41) is 3.51. The predicted molar refractivity (Wildman–Crippen MR) is 74.5 cm³/mol. The maximum absolute atomic E-state index is 12.5. The Labute approximate surface area is 122 Å². The van der Waals surface area contributed by atoms with E-state index in [2.05, 4.69) is 10.1 Å². The summed E-state index contributed by atoms with van der Waals surface area (Å²) in [7, 11) is 0. The van der Waals surface area contributed by atoms with E-state index < -0.39 is 6.36 Å². The number of hydrogen-bond donors (Lipinski definition) is 1. The molecule has 0 aromatic heterocycles. The highest BCUT2D eigenvalue weighted by molar-refractivity contribution is 5.58. The standard InChI is InChI=1S/C15H19F3N2O/c16-15(17,18)21-14-5-2-1-4-13(14)20-9-3-8-19-12(10-20)11-6-7-11/h1-2,4-5,11-12,19H,3,6-10H2. The molecule has 3 nitrogen and oxygen atoms in total. The lowest BCUT2D eigenvalue weighted by molar-refractivity contribution is -0.274. The van der Waals surface area contributed by atoms with Crippen molar-refractivity contribution < 1.29 is 17.9 Å². The molecule has 1 saturated heterocycles. The molecule has 1 heterocycles. The highest BCUT2D eigenvalue weighted by Gasteiger charge is 2.35. The average Bonchev–Trinajstić information content (AvgIpc) is 3.24. The average molecular weight is 300 g/mol. The second-order valence-electron chi connectivity index (χ2n) is 5.71. The van der Waals surface area contributed by atoms with Gasteiger partial charge in [-0.25, -0.2) is 0 Å². The normalized spacial score (nSPS) is 23.8. The number of rotatable bonds is 3. The summed E-state index contributed by atoms with van der Waals surface area (Å²) < 4.78 is 41.8. The monoisotopic (exact) mass is 300 g/mol. The first-order valence-electron chi connectivity index (χ1n) is 7.36. The Morgan fingerprint density at radius 2 is 1.95 bits per heavy atom. The Morgan fingerprint density at radius 3 is 2.67 bits per heavy atom. The summed E-state index contributed by atoms with van der Waals surface area (Å²) in [5.41, 5.74) is 0.532. The van der Waals surface area contributed by atoms with Crippen LogP contribution in [0.2, 0.25) is 0 Å². The van der Waals surface area contributed by atoms with Crippen molar-refractivity contribution in [2.75, 3.05) is 24.5 Å². The first kappa shape index (κ1) is 14.5. The zero-order chi connectivity index (χ0) is 14.9. The van der Waals surface area contributed by atoms with Crippen LogP contribution < -0.4 is 15.0 Å². The van der Waals surface area contributed by atoms with Crippen LogP contribution in [0.25, 0.3) is 0 Å². The third-order valence-electron chi connectivity index (χ3n) is 4.05. The third kappa shape index (κ3) is 3.81. The Balaban J connectivity index is 1.80. The lowest BCUT2D eigenvalue weighted by Crippen LogP contribution is -2.39. The molecule has 1 aliphatic heterocycles. The van der Waals surface area contributed by atoms with Crippen LogP contribution in [0.15, 0.2) is 24.3 Å². The largest absolute Gasteiger partial charge is 0.573 e. The van der Waals surface area contributed by atoms with E-state index in [1.807, 2.05) is 4.90 Å². The van der Waals surface area contributed by atoms with Gasteiger partial charge in [-0.05, 0) is 43.9 Å². The van der Waals surface area contributed by atoms with E-state index in [1.165, 1.54) is 18.9 Å². The van der Waals surface area contributed by atoms with Crippen LogP contribution in [0.5, 0.6) is 5.75 Å². The Kier molecular flexibility index (Phi) is 3.97. The van der Waals surface area contributed by atoms with Gasteiger partial charge in [-0.15, -0.1) is 13.2 Å². The number of hydrogen-bond acceptors (Lipinski definition) is 3. The van der Waals surface area contributed by atoms with Gasteiger partial charge in [0.05, 0.1) is 5.69 Å². The zero-order valence-electron chi connectivity index (χ0n) is 11.7. The van der Waals surface area contributed by atoms with Crippen molar-refractivity contribution in [2.45, 2.75) is 31.7 Å². The van der Waals surface area contributed by atoms with E-state index in [1.54, 1.807) is 18.2 Å². The fourth-order valence-electron chi connectivity index (χ4n) is 2.91. The van der Waals surface area contributed by atoms with E-state index in [-0.39, 0.29) is 5.75 Å². The van der Waals surface area contributed by atoms with E-state index in [4.69, 9.17) is 0 Å². The van der Waals surface area contributed by atoms with Crippen LogP contribution in [0.4, 0.5) is 18.9 Å². The molecule has 1 aliphatic carbocycles. The van der Waals surface area contributed by atoms with Crippen molar-refractivity contribution in [1.82, 2.24) is 5.32 Å². The van der Waals surface area contributed by atoms with Crippen LogP contribution >= 0.6 is 0 Å². The van der Waals surface area contributed by atoms with Crippen molar-refractivity contribution in [1.29, 1.82) is 0 Å². The number of nitrogens with zero attached hydrogens (tertiary/aromatic N) is 1. The van der Waals surface area contributed by atoms with Crippen LogP contribution in [0.3, 0.4) is 0 Å². The molecule has 116 valence electrons. The highest BCUT2D eigenvalue weighted by atomic mass is 19.4. The molecule has 0 radical (unpaired) electrons. The van der Waals surface area contributed by atoms with Crippen molar-refractivity contribution in [3.63, 3.8) is 0 Å². The lowest BCUT2D eigenvalue weighted by atomic mass is 10.1. The van der Waals surface area contributed by atoms with Gasteiger partial charge in [0.2, 0.25) is 0 Å². The number of alkyl halides is 3. The van der Waals surface area contributed by atoms with Crippen LogP contribution in [0.1, 0.15) is 19.3 Å². The van der Waals surface area contributed by atoms with Gasteiger partial charge in [-0.1, -0.05) is 12.1 Å². The summed E-state index contributed by atoms with van der Waals surface area (Å²) >= 11 is 0. The van der Waals surface area contributed by atoms with Gasteiger partial charge in [-0.2, -0.15) is 0 Å². The van der Waals surface area contributed by atoms with Gasteiger partial charge < -0.3 is 15.0 Å². The summed E-state index contributed by atoms with van der Waals surface area (Å²) in [4.78, 5) is 2.02. The minimum atomic E-state index is -4.66. The molecule has 0 spiro atoms. The summed E-state index contributed by atoms with van der Waals surface area (Å²) in [5.74, 6) is 0.558. The molecular weight excluding hydrogens is 281 g/mol. The highest BCUT2D eigenvalue weighted by Crippen LogP contribution is 2.37. The van der Waals surface area contributed by atoms with Gasteiger partial charge in [-0.3, -0.25) is 0 Å².